The lowest BCUT2D eigenvalue weighted by Gasteiger charge is -2.41. The molecule has 1 saturated carbocycles. The van der Waals surface area contributed by atoms with E-state index in [0.717, 1.165) is 37.9 Å². The largest absolute Gasteiger partial charge is 0.383 e. The number of nitrogens with zero attached hydrogens (tertiary/aromatic N) is 2. The molecule has 1 aromatic rings. The molecule has 0 spiro atoms. The smallest absolute Gasteiger partial charge is 0.128 e. The maximum atomic E-state index is 6.18. The van der Waals surface area contributed by atoms with Crippen LogP contribution in [0.5, 0.6) is 0 Å². The number of aromatic nitrogens is 1. The molecule has 0 aromatic carbocycles. The number of halogens is 2. The van der Waals surface area contributed by atoms with Crippen LogP contribution in [0.2, 0.25) is 0 Å². The average molecular weight is 347 g/mol. The minimum Gasteiger partial charge on any atom is -0.383 e. The fourth-order valence-corrected chi connectivity index (χ4v) is 3.84. The molecule has 3 N–H and O–H groups in total. The van der Waals surface area contributed by atoms with Gasteiger partial charge in [0.15, 0.2) is 0 Å². The number of hydrogen-bond acceptors (Lipinski definition) is 4. The van der Waals surface area contributed by atoms with Crippen molar-refractivity contribution in [2.75, 3.05) is 31.9 Å². The first kappa shape index (κ1) is 19.5. The molecule has 3 rings (SSSR count). The highest BCUT2D eigenvalue weighted by molar-refractivity contribution is 5.85. The molecule has 1 saturated heterocycles. The molecule has 126 valence electrons. The van der Waals surface area contributed by atoms with Gasteiger partial charge < -0.3 is 11.1 Å². The molecule has 1 aromatic heterocycles. The third kappa shape index (κ3) is 4.48. The fourth-order valence-electron chi connectivity index (χ4n) is 3.84. The van der Waals surface area contributed by atoms with E-state index in [1.54, 1.807) is 6.20 Å². The fraction of sp³-hybridized carbons (Fsp3) is 0.688. The molecule has 4 nitrogen and oxygen atoms in total. The van der Waals surface area contributed by atoms with Crippen LogP contribution in [0.4, 0.5) is 5.82 Å². The van der Waals surface area contributed by atoms with E-state index in [1.165, 1.54) is 37.7 Å². The van der Waals surface area contributed by atoms with E-state index < -0.39 is 0 Å². The highest BCUT2D eigenvalue weighted by Crippen LogP contribution is 2.39. The van der Waals surface area contributed by atoms with Gasteiger partial charge in [0.25, 0.3) is 0 Å². The molecule has 0 amide bonds. The first-order valence-corrected chi connectivity index (χ1v) is 8.01. The quantitative estimate of drug-likeness (QED) is 0.883. The summed E-state index contributed by atoms with van der Waals surface area (Å²) >= 11 is 0. The lowest BCUT2D eigenvalue weighted by Crippen LogP contribution is -2.47. The predicted molar refractivity (Wildman–Crippen MR) is 96.9 cm³/mol. The average Bonchev–Trinajstić information content (AvgIpc) is 2.52. The van der Waals surface area contributed by atoms with E-state index in [0.29, 0.717) is 6.04 Å². The summed E-state index contributed by atoms with van der Waals surface area (Å²) in [6.45, 7) is 4.41. The molecule has 0 radical (unpaired) electrons. The SMILES string of the molecule is Cl.Cl.Nc1ncccc1[C@H](C1CCCCC1)N1CCNCC1. The molecule has 2 aliphatic rings. The summed E-state index contributed by atoms with van der Waals surface area (Å²) in [6, 6.07) is 4.68. The highest BCUT2D eigenvalue weighted by Gasteiger charge is 2.32. The van der Waals surface area contributed by atoms with Gasteiger partial charge in [0, 0.05) is 44.0 Å². The molecule has 1 aliphatic heterocycles. The Kier molecular flexibility index (Phi) is 8.47. The van der Waals surface area contributed by atoms with Crippen LogP contribution in [-0.2, 0) is 0 Å². The van der Waals surface area contributed by atoms with Crippen molar-refractivity contribution in [3.8, 4) is 0 Å². The molecule has 2 fully saturated rings. The van der Waals surface area contributed by atoms with Gasteiger partial charge >= 0.3 is 0 Å². The van der Waals surface area contributed by atoms with Gasteiger partial charge in [0.1, 0.15) is 5.82 Å². The Hall–Kier alpha value is -0.550. The van der Waals surface area contributed by atoms with Gasteiger partial charge in [-0.25, -0.2) is 4.98 Å². The van der Waals surface area contributed by atoms with Crippen molar-refractivity contribution in [3.63, 3.8) is 0 Å². The van der Waals surface area contributed by atoms with Crippen molar-refractivity contribution in [1.29, 1.82) is 0 Å². The second kappa shape index (κ2) is 9.56. The van der Waals surface area contributed by atoms with E-state index >= 15 is 0 Å². The minimum atomic E-state index is 0. The molecule has 0 bridgehead atoms. The second-order valence-electron chi connectivity index (χ2n) is 6.11. The van der Waals surface area contributed by atoms with Crippen molar-refractivity contribution in [1.82, 2.24) is 15.2 Å². The van der Waals surface area contributed by atoms with Crippen molar-refractivity contribution < 1.29 is 0 Å². The molecule has 22 heavy (non-hydrogen) atoms. The van der Waals surface area contributed by atoms with Crippen LogP contribution in [-0.4, -0.2) is 36.1 Å². The van der Waals surface area contributed by atoms with Gasteiger partial charge in [-0.2, -0.15) is 0 Å². The Morgan fingerprint density at radius 2 is 1.82 bits per heavy atom. The van der Waals surface area contributed by atoms with Crippen LogP contribution in [0.3, 0.4) is 0 Å². The summed E-state index contributed by atoms with van der Waals surface area (Å²) in [5.74, 6) is 1.47. The highest BCUT2D eigenvalue weighted by atomic mass is 35.5. The number of nitrogen functional groups attached to an aromatic ring is 1. The number of nitrogens with two attached hydrogens (primary N) is 1. The van der Waals surface area contributed by atoms with Crippen LogP contribution < -0.4 is 11.1 Å². The first-order valence-electron chi connectivity index (χ1n) is 8.01. The van der Waals surface area contributed by atoms with Crippen LogP contribution in [0.25, 0.3) is 0 Å². The molecule has 0 unspecified atom stereocenters. The molecule has 2 heterocycles. The minimum absolute atomic E-state index is 0. The zero-order chi connectivity index (χ0) is 13.8. The van der Waals surface area contributed by atoms with Crippen molar-refractivity contribution >= 4 is 30.6 Å². The molecular formula is C16H28Cl2N4. The molecule has 1 atom stereocenters. The maximum absolute atomic E-state index is 6.18. The number of piperazine rings is 1. The van der Waals surface area contributed by atoms with E-state index in [4.69, 9.17) is 5.73 Å². The van der Waals surface area contributed by atoms with Crippen LogP contribution in [0, 0.1) is 5.92 Å². The Morgan fingerprint density at radius 1 is 1.14 bits per heavy atom. The van der Waals surface area contributed by atoms with E-state index in [-0.39, 0.29) is 24.8 Å². The second-order valence-corrected chi connectivity index (χ2v) is 6.11. The monoisotopic (exact) mass is 346 g/mol. The van der Waals surface area contributed by atoms with Crippen LogP contribution in [0.1, 0.15) is 43.7 Å². The van der Waals surface area contributed by atoms with Gasteiger partial charge in [-0.3, -0.25) is 4.90 Å². The van der Waals surface area contributed by atoms with E-state index in [2.05, 4.69) is 21.3 Å². The third-order valence-electron chi connectivity index (χ3n) is 4.83. The number of hydrogen-bond donors (Lipinski definition) is 2. The van der Waals surface area contributed by atoms with Crippen molar-refractivity contribution in [3.05, 3.63) is 23.9 Å². The molecule has 1 aliphatic carbocycles. The Morgan fingerprint density at radius 3 is 2.45 bits per heavy atom. The van der Waals surface area contributed by atoms with Gasteiger partial charge in [-0.1, -0.05) is 25.3 Å². The first-order chi connectivity index (χ1) is 9.86. The number of rotatable bonds is 3. The lowest BCUT2D eigenvalue weighted by molar-refractivity contribution is 0.104. The van der Waals surface area contributed by atoms with Gasteiger partial charge in [0.2, 0.25) is 0 Å². The normalized spacial score (nSPS) is 21.5. The summed E-state index contributed by atoms with van der Waals surface area (Å²) in [6.07, 6.45) is 8.61. The third-order valence-corrected chi connectivity index (χ3v) is 4.83. The predicted octanol–water partition coefficient (Wildman–Crippen LogP) is 3.03. The van der Waals surface area contributed by atoms with Gasteiger partial charge in [-0.15, -0.1) is 24.8 Å². The van der Waals surface area contributed by atoms with E-state index in [1.807, 2.05) is 6.07 Å². The number of pyridine rings is 1. The Labute approximate surface area is 146 Å². The maximum Gasteiger partial charge on any atom is 0.128 e. The summed E-state index contributed by atoms with van der Waals surface area (Å²) in [4.78, 5) is 6.95. The zero-order valence-electron chi connectivity index (χ0n) is 13.0. The van der Waals surface area contributed by atoms with Crippen LogP contribution in [0.15, 0.2) is 18.3 Å². The van der Waals surface area contributed by atoms with Gasteiger partial charge in [-0.05, 0) is 24.8 Å². The van der Waals surface area contributed by atoms with Crippen LogP contribution >= 0.6 is 24.8 Å². The van der Waals surface area contributed by atoms with Crippen molar-refractivity contribution in [2.45, 2.75) is 38.1 Å². The Balaban J connectivity index is 0.00000121. The summed E-state index contributed by atoms with van der Waals surface area (Å²) in [5.41, 5.74) is 7.43. The standard InChI is InChI=1S/C16H26N4.2ClH/c17-16-14(7-4-8-19-16)15(13-5-2-1-3-6-13)20-11-9-18-10-12-20;;/h4,7-8,13,15,18H,1-3,5-6,9-12H2,(H2,17,19);2*1H/t15-;;/m0../s1. The van der Waals surface area contributed by atoms with Crippen molar-refractivity contribution in [2.24, 2.45) is 5.92 Å². The number of anilines is 1. The number of nitrogens with one attached hydrogen (secondary N) is 1. The molecular weight excluding hydrogens is 319 g/mol. The van der Waals surface area contributed by atoms with E-state index in [9.17, 15) is 0 Å². The molecule has 6 heteroatoms. The van der Waals surface area contributed by atoms with Gasteiger partial charge in [0.05, 0.1) is 0 Å². The lowest BCUT2D eigenvalue weighted by atomic mass is 9.80. The summed E-state index contributed by atoms with van der Waals surface area (Å²) in [5, 5.41) is 3.45. The Bertz CT molecular complexity index is 414. The summed E-state index contributed by atoms with van der Waals surface area (Å²) in [7, 11) is 0. The zero-order valence-corrected chi connectivity index (χ0v) is 14.7. The summed E-state index contributed by atoms with van der Waals surface area (Å²) < 4.78 is 0. The topological polar surface area (TPSA) is 54.2 Å².